The topological polar surface area (TPSA) is 69.6 Å². The molecule has 0 aliphatic rings. The number of rotatable bonds is 3. The van der Waals surface area contributed by atoms with Gasteiger partial charge in [-0.25, -0.2) is 9.97 Å². The second-order valence-corrected chi connectivity index (χ2v) is 5.38. The van der Waals surface area contributed by atoms with Gasteiger partial charge in [0, 0.05) is 23.0 Å². The van der Waals surface area contributed by atoms with Gasteiger partial charge in [0.15, 0.2) is 12.1 Å². The van der Waals surface area contributed by atoms with Crippen LogP contribution in [0.25, 0.3) is 27.9 Å². The Bertz CT molecular complexity index is 751. The fraction of sp³-hybridized carbons (Fsp3) is 0. The van der Waals surface area contributed by atoms with Gasteiger partial charge in [-0.3, -0.25) is 4.57 Å². The Labute approximate surface area is 121 Å². The van der Waals surface area contributed by atoms with Crippen molar-refractivity contribution in [1.29, 1.82) is 0 Å². The van der Waals surface area contributed by atoms with Crippen LogP contribution < -0.4 is 0 Å². The van der Waals surface area contributed by atoms with Crippen LogP contribution in [0.2, 0.25) is 0 Å². The molecule has 0 saturated carbocycles. The van der Waals surface area contributed by atoms with Crippen LogP contribution in [-0.4, -0.2) is 24.1 Å². The predicted molar refractivity (Wildman–Crippen MR) is 74.7 cm³/mol. The molecule has 0 fully saturated rings. The first kappa shape index (κ1) is 11.5. The third-order valence-corrected chi connectivity index (χ3v) is 4.02. The van der Waals surface area contributed by atoms with Gasteiger partial charge in [0.2, 0.25) is 0 Å². The number of imidazole rings is 1. The summed E-state index contributed by atoms with van der Waals surface area (Å²) in [7, 11) is 0. The Kier molecular flexibility index (Phi) is 2.68. The second-order valence-electron chi connectivity index (χ2n) is 3.82. The third kappa shape index (κ3) is 1.77. The molecular weight excluding hydrogens is 294 g/mol. The SMILES string of the molecule is [c]1nc(-c2nccs2)c(-c2ccsn2)n1-c1ccon1. The number of hydrogen-bond acceptors (Lipinski definition) is 7. The summed E-state index contributed by atoms with van der Waals surface area (Å²) in [5.74, 6) is 0.614. The second kappa shape index (κ2) is 4.66. The lowest BCUT2D eigenvalue weighted by atomic mass is 10.2. The molecule has 0 saturated heterocycles. The summed E-state index contributed by atoms with van der Waals surface area (Å²) in [5, 5.41) is 8.58. The lowest BCUT2D eigenvalue weighted by molar-refractivity contribution is 0.417. The number of nitrogens with zero attached hydrogens (tertiary/aromatic N) is 5. The zero-order valence-corrected chi connectivity index (χ0v) is 11.6. The maximum Gasteiger partial charge on any atom is 0.184 e. The summed E-state index contributed by atoms with van der Waals surface area (Å²) in [4.78, 5) is 8.65. The van der Waals surface area contributed by atoms with E-state index in [9.17, 15) is 0 Å². The highest BCUT2D eigenvalue weighted by Crippen LogP contribution is 2.33. The molecule has 97 valence electrons. The number of aromatic nitrogens is 5. The van der Waals surface area contributed by atoms with Crippen molar-refractivity contribution in [2.24, 2.45) is 0 Å². The predicted octanol–water partition coefficient (Wildman–Crippen LogP) is 2.91. The molecule has 0 aliphatic heterocycles. The monoisotopic (exact) mass is 300 g/mol. The van der Waals surface area contributed by atoms with E-state index in [0.29, 0.717) is 5.82 Å². The van der Waals surface area contributed by atoms with Crippen LogP contribution in [0.3, 0.4) is 0 Å². The van der Waals surface area contributed by atoms with Crippen LogP contribution in [0.1, 0.15) is 0 Å². The first-order chi connectivity index (χ1) is 9.93. The first-order valence-electron chi connectivity index (χ1n) is 5.65. The van der Waals surface area contributed by atoms with Gasteiger partial charge in [-0.2, -0.15) is 4.37 Å². The van der Waals surface area contributed by atoms with Crippen molar-refractivity contribution >= 4 is 22.9 Å². The summed E-state index contributed by atoms with van der Waals surface area (Å²) < 4.78 is 11.0. The molecule has 8 heteroatoms. The average molecular weight is 300 g/mol. The molecule has 0 aromatic carbocycles. The van der Waals surface area contributed by atoms with Crippen LogP contribution in [0.15, 0.2) is 39.9 Å². The van der Waals surface area contributed by atoms with Gasteiger partial charge in [0.05, 0.1) is 0 Å². The molecule has 1 radical (unpaired) electrons. The Balaban J connectivity index is 1.98. The summed E-state index contributed by atoms with van der Waals surface area (Å²) in [6, 6.07) is 3.68. The fourth-order valence-electron chi connectivity index (χ4n) is 1.86. The van der Waals surface area contributed by atoms with E-state index < -0.39 is 0 Å². The smallest absolute Gasteiger partial charge is 0.184 e. The fourth-order valence-corrected chi connectivity index (χ4v) is 2.99. The quantitative estimate of drug-likeness (QED) is 0.582. The zero-order valence-electron chi connectivity index (χ0n) is 9.92. The number of thiazole rings is 1. The molecule has 0 aliphatic carbocycles. The summed E-state index contributed by atoms with van der Waals surface area (Å²) in [6.45, 7) is 0. The molecule has 0 spiro atoms. The largest absolute Gasteiger partial charge is 0.363 e. The van der Waals surface area contributed by atoms with Crippen molar-refractivity contribution in [1.82, 2.24) is 24.1 Å². The molecule has 0 unspecified atom stereocenters. The molecule has 4 heterocycles. The third-order valence-electron chi connectivity index (χ3n) is 2.68. The lowest BCUT2D eigenvalue weighted by Crippen LogP contribution is -1.96. The molecule has 0 atom stereocenters. The Hall–Kier alpha value is -2.32. The minimum Gasteiger partial charge on any atom is -0.363 e. The standard InChI is InChI=1S/C12H6N5OS2/c1-4-18-15-9(1)17-7-14-10(12-13-3-6-19-12)11(17)8-2-5-20-16-8/h1-6H. The molecular formula is C12H6N5OS2. The van der Waals surface area contributed by atoms with E-state index in [0.717, 1.165) is 22.1 Å². The maximum absolute atomic E-state index is 4.89. The van der Waals surface area contributed by atoms with Gasteiger partial charge in [0.1, 0.15) is 28.4 Å². The maximum atomic E-state index is 4.89. The van der Waals surface area contributed by atoms with E-state index in [1.807, 2.05) is 16.8 Å². The minimum absolute atomic E-state index is 0.614. The van der Waals surface area contributed by atoms with Gasteiger partial charge >= 0.3 is 0 Å². The van der Waals surface area contributed by atoms with E-state index in [4.69, 9.17) is 4.52 Å². The van der Waals surface area contributed by atoms with E-state index >= 15 is 0 Å². The van der Waals surface area contributed by atoms with Crippen LogP contribution in [0, 0.1) is 6.33 Å². The zero-order chi connectivity index (χ0) is 13.4. The van der Waals surface area contributed by atoms with Crippen molar-refractivity contribution in [2.45, 2.75) is 0 Å². The normalized spacial score (nSPS) is 11.0. The van der Waals surface area contributed by atoms with Crippen LogP contribution in [-0.2, 0) is 0 Å². The number of hydrogen-bond donors (Lipinski definition) is 0. The van der Waals surface area contributed by atoms with E-state index in [2.05, 4.69) is 25.8 Å². The lowest BCUT2D eigenvalue weighted by Gasteiger charge is -2.02. The van der Waals surface area contributed by atoms with Crippen molar-refractivity contribution in [3.8, 4) is 27.9 Å². The molecule has 4 aromatic heterocycles. The van der Waals surface area contributed by atoms with Crippen LogP contribution in [0.4, 0.5) is 0 Å². The summed E-state index contributed by atoms with van der Waals surface area (Å²) in [5.41, 5.74) is 2.38. The molecule has 0 N–H and O–H groups in total. The Morgan fingerprint density at radius 2 is 2.25 bits per heavy atom. The Morgan fingerprint density at radius 1 is 1.25 bits per heavy atom. The van der Waals surface area contributed by atoms with Crippen molar-refractivity contribution in [2.75, 3.05) is 0 Å². The Morgan fingerprint density at radius 3 is 2.95 bits per heavy atom. The molecule has 20 heavy (non-hydrogen) atoms. The van der Waals surface area contributed by atoms with Crippen molar-refractivity contribution < 1.29 is 4.52 Å². The molecule has 6 nitrogen and oxygen atoms in total. The van der Waals surface area contributed by atoms with Crippen LogP contribution in [0.5, 0.6) is 0 Å². The molecule has 0 amide bonds. The van der Waals surface area contributed by atoms with Gasteiger partial charge in [-0.1, -0.05) is 5.16 Å². The van der Waals surface area contributed by atoms with Crippen molar-refractivity contribution in [3.63, 3.8) is 0 Å². The molecule has 4 rings (SSSR count). The van der Waals surface area contributed by atoms with Gasteiger partial charge in [-0.15, -0.1) is 11.3 Å². The van der Waals surface area contributed by atoms with E-state index in [1.54, 1.807) is 16.8 Å². The van der Waals surface area contributed by atoms with Crippen LogP contribution >= 0.6 is 22.9 Å². The molecule has 4 aromatic rings. The summed E-state index contributed by atoms with van der Waals surface area (Å²) in [6.07, 6.45) is 6.19. The van der Waals surface area contributed by atoms with Crippen molar-refractivity contribution in [3.05, 3.63) is 41.7 Å². The highest BCUT2D eigenvalue weighted by atomic mass is 32.1. The highest BCUT2D eigenvalue weighted by Gasteiger charge is 2.20. The van der Waals surface area contributed by atoms with Gasteiger partial charge in [0.25, 0.3) is 0 Å². The molecule has 0 bridgehead atoms. The van der Waals surface area contributed by atoms with Gasteiger partial charge < -0.3 is 4.52 Å². The van der Waals surface area contributed by atoms with E-state index in [1.165, 1.54) is 29.1 Å². The van der Waals surface area contributed by atoms with Gasteiger partial charge in [-0.05, 0) is 17.6 Å². The average Bonchev–Trinajstić information content (AvgIpc) is 3.23. The minimum atomic E-state index is 0.614. The first-order valence-corrected chi connectivity index (χ1v) is 7.37. The van der Waals surface area contributed by atoms with E-state index in [-0.39, 0.29) is 0 Å². The summed E-state index contributed by atoms with van der Waals surface area (Å²) >= 11 is 2.91. The highest BCUT2D eigenvalue weighted by molar-refractivity contribution is 7.13.